The number of nitrogen functional groups attached to an aromatic ring is 1. The van der Waals surface area contributed by atoms with Crippen LogP contribution < -0.4 is 11.1 Å². The standard InChI is InChI=1S/C14H20N2O2/c1-9-6-10(16-8-14(2)4-5-14)7-11(12(9)15)13(17)18-3/h6-7,16H,4-5,8,15H2,1-3H3. The van der Waals surface area contributed by atoms with Crippen molar-refractivity contribution in [3.63, 3.8) is 0 Å². The van der Waals surface area contributed by atoms with Crippen molar-refractivity contribution in [2.75, 3.05) is 24.7 Å². The van der Waals surface area contributed by atoms with Gasteiger partial charge in [0.25, 0.3) is 0 Å². The minimum atomic E-state index is -0.392. The molecule has 0 saturated heterocycles. The first-order valence-corrected chi connectivity index (χ1v) is 6.17. The zero-order valence-electron chi connectivity index (χ0n) is 11.2. The highest BCUT2D eigenvalue weighted by atomic mass is 16.5. The molecule has 1 aliphatic rings. The number of carbonyl (C=O) groups is 1. The second-order valence-corrected chi connectivity index (χ2v) is 5.41. The molecule has 0 heterocycles. The molecule has 0 spiro atoms. The number of hydrogen-bond acceptors (Lipinski definition) is 4. The number of esters is 1. The van der Waals surface area contributed by atoms with Gasteiger partial charge < -0.3 is 15.8 Å². The van der Waals surface area contributed by atoms with Gasteiger partial charge in [0, 0.05) is 17.9 Å². The molecule has 1 aromatic carbocycles. The molecule has 0 radical (unpaired) electrons. The molecule has 0 atom stereocenters. The van der Waals surface area contributed by atoms with Crippen LogP contribution in [0.2, 0.25) is 0 Å². The predicted molar refractivity (Wildman–Crippen MR) is 72.8 cm³/mol. The monoisotopic (exact) mass is 248 g/mol. The Bertz CT molecular complexity index is 479. The normalized spacial score (nSPS) is 16.2. The first-order valence-electron chi connectivity index (χ1n) is 6.17. The van der Waals surface area contributed by atoms with Gasteiger partial charge in [0.1, 0.15) is 0 Å². The van der Waals surface area contributed by atoms with Crippen molar-refractivity contribution in [3.05, 3.63) is 23.3 Å². The van der Waals surface area contributed by atoms with Crippen LogP contribution in [0.4, 0.5) is 11.4 Å². The maximum absolute atomic E-state index is 11.6. The lowest BCUT2D eigenvalue weighted by atomic mass is 10.1. The van der Waals surface area contributed by atoms with Crippen LogP contribution in [0.15, 0.2) is 12.1 Å². The first kappa shape index (κ1) is 12.7. The summed E-state index contributed by atoms with van der Waals surface area (Å²) in [7, 11) is 1.36. The number of ether oxygens (including phenoxy) is 1. The van der Waals surface area contributed by atoms with Gasteiger partial charge in [-0.3, -0.25) is 0 Å². The topological polar surface area (TPSA) is 64.3 Å². The van der Waals surface area contributed by atoms with Gasteiger partial charge in [-0.15, -0.1) is 0 Å². The number of benzene rings is 1. The zero-order chi connectivity index (χ0) is 13.3. The smallest absolute Gasteiger partial charge is 0.340 e. The van der Waals surface area contributed by atoms with Crippen LogP contribution in [-0.2, 0) is 4.74 Å². The summed E-state index contributed by atoms with van der Waals surface area (Å²) in [6.07, 6.45) is 2.52. The number of aryl methyl sites for hydroxylation is 1. The van der Waals surface area contributed by atoms with E-state index >= 15 is 0 Å². The highest BCUT2D eigenvalue weighted by Gasteiger charge is 2.36. The van der Waals surface area contributed by atoms with Gasteiger partial charge >= 0.3 is 5.97 Å². The average Bonchev–Trinajstić information content (AvgIpc) is 3.08. The second-order valence-electron chi connectivity index (χ2n) is 5.41. The fourth-order valence-electron chi connectivity index (χ4n) is 1.88. The number of nitrogens with one attached hydrogen (secondary N) is 1. The lowest BCUT2D eigenvalue weighted by molar-refractivity contribution is 0.0602. The predicted octanol–water partition coefficient (Wildman–Crippen LogP) is 2.58. The van der Waals surface area contributed by atoms with Crippen molar-refractivity contribution in [3.8, 4) is 0 Å². The van der Waals surface area contributed by atoms with Crippen molar-refractivity contribution >= 4 is 17.3 Å². The van der Waals surface area contributed by atoms with Crippen molar-refractivity contribution in [2.24, 2.45) is 5.41 Å². The average molecular weight is 248 g/mol. The lowest BCUT2D eigenvalue weighted by Crippen LogP contribution is -2.13. The molecule has 98 valence electrons. The largest absolute Gasteiger partial charge is 0.465 e. The summed E-state index contributed by atoms with van der Waals surface area (Å²) in [5.41, 5.74) is 9.05. The maximum Gasteiger partial charge on any atom is 0.340 e. The molecule has 3 N–H and O–H groups in total. The van der Waals surface area contributed by atoms with E-state index in [0.717, 1.165) is 17.8 Å². The molecule has 18 heavy (non-hydrogen) atoms. The molecule has 0 unspecified atom stereocenters. The SMILES string of the molecule is COC(=O)c1cc(NCC2(C)CC2)cc(C)c1N. The van der Waals surface area contributed by atoms with E-state index in [1.807, 2.05) is 13.0 Å². The van der Waals surface area contributed by atoms with Crippen LogP contribution in [0.5, 0.6) is 0 Å². The van der Waals surface area contributed by atoms with Gasteiger partial charge in [0.2, 0.25) is 0 Å². The third-order valence-corrected chi connectivity index (χ3v) is 3.62. The van der Waals surface area contributed by atoms with Crippen molar-refractivity contribution in [1.29, 1.82) is 0 Å². The Morgan fingerprint density at radius 2 is 2.17 bits per heavy atom. The summed E-state index contributed by atoms with van der Waals surface area (Å²) in [5.74, 6) is -0.392. The minimum Gasteiger partial charge on any atom is -0.465 e. The Morgan fingerprint density at radius 1 is 1.50 bits per heavy atom. The zero-order valence-corrected chi connectivity index (χ0v) is 11.2. The van der Waals surface area contributed by atoms with Gasteiger partial charge in [0.15, 0.2) is 0 Å². The van der Waals surface area contributed by atoms with Crippen LogP contribution >= 0.6 is 0 Å². The van der Waals surface area contributed by atoms with Crippen LogP contribution in [-0.4, -0.2) is 19.6 Å². The number of methoxy groups -OCH3 is 1. The Morgan fingerprint density at radius 3 is 2.72 bits per heavy atom. The summed E-state index contributed by atoms with van der Waals surface area (Å²) in [6.45, 7) is 5.08. The third-order valence-electron chi connectivity index (χ3n) is 3.62. The molecule has 0 aromatic heterocycles. The van der Waals surface area contributed by atoms with Crippen molar-refractivity contribution in [1.82, 2.24) is 0 Å². The van der Waals surface area contributed by atoms with E-state index in [2.05, 4.69) is 12.2 Å². The third kappa shape index (κ3) is 2.58. The van der Waals surface area contributed by atoms with Gasteiger partial charge in [-0.25, -0.2) is 4.79 Å². The van der Waals surface area contributed by atoms with E-state index in [4.69, 9.17) is 10.5 Å². The molecule has 1 saturated carbocycles. The molecule has 1 aliphatic carbocycles. The van der Waals surface area contributed by atoms with E-state index in [9.17, 15) is 4.79 Å². The van der Waals surface area contributed by atoms with Gasteiger partial charge in [-0.1, -0.05) is 6.92 Å². The Kier molecular flexibility index (Phi) is 3.20. The number of carbonyl (C=O) groups excluding carboxylic acids is 1. The molecule has 1 aromatic rings. The van der Waals surface area contributed by atoms with E-state index < -0.39 is 5.97 Å². The molecule has 0 amide bonds. The molecular weight excluding hydrogens is 228 g/mol. The highest BCUT2D eigenvalue weighted by molar-refractivity contribution is 5.97. The molecule has 1 fully saturated rings. The van der Waals surface area contributed by atoms with Gasteiger partial charge in [0.05, 0.1) is 12.7 Å². The van der Waals surface area contributed by atoms with E-state index in [0.29, 0.717) is 16.7 Å². The number of anilines is 2. The van der Waals surface area contributed by atoms with Crippen LogP contribution in [0.25, 0.3) is 0 Å². The summed E-state index contributed by atoms with van der Waals surface area (Å²) in [6, 6.07) is 3.73. The van der Waals surface area contributed by atoms with Crippen molar-refractivity contribution in [2.45, 2.75) is 26.7 Å². The Balaban J connectivity index is 2.20. The summed E-state index contributed by atoms with van der Waals surface area (Å²) >= 11 is 0. The first-order chi connectivity index (χ1) is 8.45. The summed E-state index contributed by atoms with van der Waals surface area (Å²) in [5, 5.41) is 3.37. The number of hydrogen-bond donors (Lipinski definition) is 2. The fraction of sp³-hybridized carbons (Fsp3) is 0.500. The molecule has 4 nitrogen and oxygen atoms in total. The number of nitrogens with two attached hydrogens (primary N) is 1. The van der Waals surface area contributed by atoms with Crippen molar-refractivity contribution < 1.29 is 9.53 Å². The molecular formula is C14H20N2O2. The number of rotatable bonds is 4. The lowest BCUT2D eigenvalue weighted by Gasteiger charge is -2.14. The summed E-state index contributed by atoms with van der Waals surface area (Å²) < 4.78 is 4.74. The second kappa shape index (κ2) is 4.52. The molecule has 2 rings (SSSR count). The molecule has 0 aliphatic heterocycles. The van der Waals surface area contributed by atoms with Crippen LogP contribution in [0, 0.1) is 12.3 Å². The maximum atomic E-state index is 11.6. The fourth-order valence-corrected chi connectivity index (χ4v) is 1.88. The van der Waals surface area contributed by atoms with Gasteiger partial charge in [-0.2, -0.15) is 0 Å². The Hall–Kier alpha value is -1.71. The molecule has 4 heteroatoms. The Labute approximate surface area is 108 Å². The highest BCUT2D eigenvalue weighted by Crippen LogP contribution is 2.44. The quantitative estimate of drug-likeness (QED) is 0.635. The van der Waals surface area contributed by atoms with Gasteiger partial charge in [-0.05, 0) is 42.9 Å². The van der Waals surface area contributed by atoms with E-state index in [-0.39, 0.29) is 0 Å². The molecule has 0 bridgehead atoms. The van der Waals surface area contributed by atoms with E-state index in [1.54, 1.807) is 6.07 Å². The minimum absolute atomic E-state index is 0.392. The van der Waals surface area contributed by atoms with Crippen LogP contribution in [0.1, 0.15) is 35.7 Å². The summed E-state index contributed by atoms with van der Waals surface area (Å²) in [4.78, 5) is 11.6. The van der Waals surface area contributed by atoms with Crippen LogP contribution in [0.3, 0.4) is 0 Å². The van der Waals surface area contributed by atoms with E-state index in [1.165, 1.54) is 20.0 Å².